The summed E-state index contributed by atoms with van der Waals surface area (Å²) in [6.45, 7) is 2.29. The van der Waals surface area contributed by atoms with Gasteiger partial charge in [0, 0.05) is 17.8 Å². The van der Waals surface area contributed by atoms with Crippen molar-refractivity contribution in [1.29, 1.82) is 0 Å². The van der Waals surface area contributed by atoms with Crippen molar-refractivity contribution in [3.63, 3.8) is 0 Å². The standard InChI is InChI=1S/C13H16N2O4/c1-8-6-15(7-13(16)17)10-5-12(19-3)11(18-2)4-9(10)14-8/h4-5H,6-7H2,1-3H3,(H,16,17). The number of aliphatic imine (C=N–C) groups is 1. The number of fused-ring (bicyclic) bond motifs is 1. The minimum Gasteiger partial charge on any atom is -0.493 e. The highest BCUT2D eigenvalue weighted by Crippen LogP contribution is 2.41. The maximum Gasteiger partial charge on any atom is 0.323 e. The summed E-state index contributed by atoms with van der Waals surface area (Å²) in [6.07, 6.45) is 0. The summed E-state index contributed by atoms with van der Waals surface area (Å²) >= 11 is 0. The van der Waals surface area contributed by atoms with Gasteiger partial charge in [-0.25, -0.2) is 0 Å². The van der Waals surface area contributed by atoms with E-state index in [0.29, 0.717) is 23.7 Å². The Morgan fingerprint density at radius 3 is 2.58 bits per heavy atom. The molecule has 0 fully saturated rings. The summed E-state index contributed by atoms with van der Waals surface area (Å²) in [5.74, 6) is 0.261. The largest absolute Gasteiger partial charge is 0.493 e. The molecular formula is C13H16N2O4. The number of anilines is 1. The highest BCUT2D eigenvalue weighted by molar-refractivity contribution is 5.96. The number of methoxy groups -OCH3 is 2. The molecule has 0 bridgehead atoms. The lowest BCUT2D eigenvalue weighted by Gasteiger charge is -2.28. The highest BCUT2D eigenvalue weighted by atomic mass is 16.5. The molecule has 1 aliphatic heterocycles. The van der Waals surface area contributed by atoms with Crippen LogP contribution in [0.2, 0.25) is 0 Å². The summed E-state index contributed by atoms with van der Waals surface area (Å²) in [7, 11) is 3.10. The molecule has 1 aliphatic rings. The lowest BCUT2D eigenvalue weighted by atomic mass is 10.1. The quantitative estimate of drug-likeness (QED) is 0.896. The highest BCUT2D eigenvalue weighted by Gasteiger charge is 2.22. The summed E-state index contributed by atoms with van der Waals surface area (Å²) in [5.41, 5.74) is 2.30. The first-order chi connectivity index (χ1) is 9.05. The molecule has 0 saturated carbocycles. The van der Waals surface area contributed by atoms with Crippen molar-refractivity contribution in [3.8, 4) is 11.5 Å². The number of rotatable bonds is 4. The molecule has 102 valence electrons. The molecule has 1 aromatic carbocycles. The third kappa shape index (κ3) is 2.62. The van der Waals surface area contributed by atoms with E-state index in [1.165, 1.54) is 0 Å². The zero-order chi connectivity index (χ0) is 14.0. The Labute approximate surface area is 111 Å². The van der Waals surface area contributed by atoms with Crippen LogP contribution in [0.4, 0.5) is 11.4 Å². The number of ether oxygens (including phenoxy) is 2. The van der Waals surface area contributed by atoms with Crippen molar-refractivity contribution in [2.45, 2.75) is 6.92 Å². The number of benzene rings is 1. The van der Waals surface area contributed by atoms with Gasteiger partial charge in [-0.15, -0.1) is 0 Å². The average molecular weight is 264 g/mol. The molecular weight excluding hydrogens is 248 g/mol. The number of aliphatic carboxylic acids is 1. The number of nitrogens with zero attached hydrogens (tertiary/aromatic N) is 2. The molecule has 0 amide bonds. The molecule has 19 heavy (non-hydrogen) atoms. The minimum absolute atomic E-state index is 0.0741. The number of hydrogen-bond donors (Lipinski definition) is 1. The monoisotopic (exact) mass is 264 g/mol. The van der Waals surface area contributed by atoms with Gasteiger partial charge in [0.1, 0.15) is 6.54 Å². The van der Waals surface area contributed by atoms with Crippen LogP contribution in [0.1, 0.15) is 6.92 Å². The Hall–Kier alpha value is -2.24. The molecule has 0 radical (unpaired) electrons. The zero-order valence-corrected chi connectivity index (χ0v) is 11.1. The first-order valence-electron chi connectivity index (χ1n) is 5.82. The van der Waals surface area contributed by atoms with Crippen molar-refractivity contribution in [3.05, 3.63) is 12.1 Å². The Kier molecular flexibility index (Phi) is 3.59. The van der Waals surface area contributed by atoms with Gasteiger partial charge in [-0.05, 0) is 6.92 Å². The predicted octanol–water partition coefficient (Wildman–Crippen LogP) is 1.70. The van der Waals surface area contributed by atoms with Gasteiger partial charge in [-0.3, -0.25) is 9.79 Å². The first-order valence-corrected chi connectivity index (χ1v) is 5.82. The van der Waals surface area contributed by atoms with E-state index in [-0.39, 0.29) is 6.54 Å². The molecule has 6 heteroatoms. The van der Waals surface area contributed by atoms with Crippen molar-refractivity contribution < 1.29 is 19.4 Å². The number of carboxylic acid groups (broad SMARTS) is 1. The van der Waals surface area contributed by atoms with E-state index in [9.17, 15) is 4.79 Å². The second-order valence-electron chi connectivity index (χ2n) is 4.29. The lowest BCUT2D eigenvalue weighted by Crippen LogP contribution is -2.35. The van der Waals surface area contributed by atoms with E-state index in [1.807, 2.05) is 6.92 Å². The fourth-order valence-electron chi connectivity index (χ4n) is 2.11. The lowest BCUT2D eigenvalue weighted by molar-refractivity contribution is -0.135. The van der Waals surface area contributed by atoms with E-state index in [1.54, 1.807) is 31.3 Å². The van der Waals surface area contributed by atoms with Crippen LogP contribution in [0.15, 0.2) is 17.1 Å². The zero-order valence-electron chi connectivity index (χ0n) is 11.1. The normalized spacial score (nSPS) is 13.6. The van der Waals surface area contributed by atoms with Crippen LogP contribution in [0.3, 0.4) is 0 Å². The molecule has 0 spiro atoms. The summed E-state index contributed by atoms with van der Waals surface area (Å²) in [4.78, 5) is 17.1. The van der Waals surface area contributed by atoms with Crippen molar-refractivity contribution in [2.24, 2.45) is 4.99 Å². The minimum atomic E-state index is -0.879. The van der Waals surface area contributed by atoms with E-state index in [4.69, 9.17) is 14.6 Å². The van der Waals surface area contributed by atoms with Gasteiger partial charge in [0.25, 0.3) is 0 Å². The molecule has 0 unspecified atom stereocenters. The van der Waals surface area contributed by atoms with Crippen LogP contribution < -0.4 is 14.4 Å². The van der Waals surface area contributed by atoms with Gasteiger partial charge in [-0.2, -0.15) is 0 Å². The van der Waals surface area contributed by atoms with Crippen LogP contribution in [-0.2, 0) is 4.79 Å². The van der Waals surface area contributed by atoms with Crippen LogP contribution in [0.5, 0.6) is 11.5 Å². The molecule has 6 nitrogen and oxygen atoms in total. The first kappa shape index (κ1) is 13.2. The number of hydrogen-bond acceptors (Lipinski definition) is 5. The Morgan fingerprint density at radius 2 is 2.00 bits per heavy atom. The second kappa shape index (κ2) is 5.17. The SMILES string of the molecule is COc1cc2c(cc1OC)N(CC(=O)O)CC(C)=N2. The van der Waals surface area contributed by atoms with E-state index in [2.05, 4.69) is 4.99 Å². The summed E-state index contributed by atoms with van der Waals surface area (Å²) in [6, 6.07) is 3.51. The molecule has 0 aromatic heterocycles. The third-order valence-electron chi connectivity index (χ3n) is 2.88. The van der Waals surface area contributed by atoms with Crippen molar-refractivity contribution in [1.82, 2.24) is 0 Å². The van der Waals surface area contributed by atoms with Crippen LogP contribution in [0.25, 0.3) is 0 Å². The fraction of sp³-hybridized carbons (Fsp3) is 0.385. The molecule has 0 saturated heterocycles. The molecule has 1 aromatic rings. The molecule has 0 aliphatic carbocycles. The molecule has 1 heterocycles. The van der Waals surface area contributed by atoms with Crippen LogP contribution in [-0.4, -0.2) is 44.1 Å². The van der Waals surface area contributed by atoms with E-state index in [0.717, 1.165) is 11.4 Å². The van der Waals surface area contributed by atoms with Gasteiger partial charge in [-0.1, -0.05) is 0 Å². The summed E-state index contributed by atoms with van der Waals surface area (Å²) in [5, 5.41) is 8.97. The topological polar surface area (TPSA) is 71.4 Å². The third-order valence-corrected chi connectivity index (χ3v) is 2.88. The van der Waals surface area contributed by atoms with Gasteiger partial charge < -0.3 is 19.5 Å². The number of carbonyl (C=O) groups is 1. The van der Waals surface area contributed by atoms with Crippen molar-refractivity contribution in [2.75, 3.05) is 32.2 Å². The maximum absolute atomic E-state index is 10.9. The predicted molar refractivity (Wildman–Crippen MR) is 72.2 cm³/mol. The second-order valence-corrected chi connectivity index (χ2v) is 4.29. The molecule has 1 N–H and O–H groups in total. The van der Waals surface area contributed by atoms with Gasteiger partial charge in [0.05, 0.1) is 32.1 Å². The van der Waals surface area contributed by atoms with Gasteiger partial charge in [0.2, 0.25) is 0 Å². The smallest absolute Gasteiger partial charge is 0.323 e. The number of carboxylic acids is 1. The maximum atomic E-state index is 10.9. The van der Waals surface area contributed by atoms with E-state index < -0.39 is 5.97 Å². The van der Waals surface area contributed by atoms with Crippen LogP contribution >= 0.6 is 0 Å². The van der Waals surface area contributed by atoms with Gasteiger partial charge >= 0.3 is 5.97 Å². The Bertz CT molecular complexity index is 540. The molecule has 0 atom stereocenters. The average Bonchev–Trinajstić information content (AvgIpc) is 2.36. The summed E-state index contributed by atoms with van der Waals surface area (Å²) < 4.78 is 10.5. The van der Waals surface area contributed by atoms with E-state index >= 15 is 0 Å². The Balaban J connectivity index is 2.50. The van der Waals surface area contributed by atoms with Crippen molar-refractivity contribution >= 4 is 23.1 Å². The van der Waals surface area contributed by atoms with Gasteiger partial charge in [0.15, 0.2) is 11.5 Å². The Morgan fingerprint density at radius 1 is 1.37 bits per heavy atom. The molecule has 2 rings (SSSR count). The fourth-order valence-corrected chi connectivity index (χ4v) is 2.11. The van der Waals surface area contributed by atoms with Crippen LogP contribution in [0, 0.1) is 0 Å².